The number of rotatable bonds is 8. The molecule has 0 saturated heterocycles. The summed E-state index contributed by atoms with van der Waals surface area (Å²) in [6.45, 7) is 4.12. The van der Waals surface area contributed by atoms with Gasteiger partial charge in [-0.3, -0.25) is 0 Å². The van der Waals surface area contributed by atoms with Crippen LogP contribution in [0.2, 0.25) is 0 Å². The second-order valence-electron chi connectivity index (χ2n) is 4.83. The third-order valence-corrected chi connectivity index (χ3v) is 5.17. The topological polar surface area (TPSA) is 64.6 Å². The van der Waals surface area contributed by atoms with Gasteiger partial charge in [-0.15, -0.1) is 11.6 Å². The van der Waals surface area contributed by atoms with Crippen molar-refractivity contribution in [1.82, 2.24) is 4.72 Å². The summed E-state index contributed by atoms with van der Waals surface area (Å²) in [7, 11) is -0.559. The second-order valence-corrected chi connectivity index (χ2v) is 6.84. The summed E-state index contributed by atoms with van der Waals surface area (Å²) < 4.78 is 37.6. The fraction of sp³-hybridized carbons (Fsp3) is 0.571. The highest BCUT2D eigenvalue weighted by atomic mass is 35.5. The highest BCUT2D eigenvalue weighted by molar-refractivity contribution is 7.89. The van der Waals surface area contributed by atoms with Crippen molar-refractivity contribution in [3.63, 3.8) is 0 Å². The summed E-state index contributed by atoms with van der Waals surface area (Å²) in [6.07, 6.45) is -0.331. The van der Waals surface area contributed by atoms with Gasteiger partial charge in [-0.05, 0) is 36.6 Å². The van der Waals surface area contributed by atoms with Crippen LogP contribution in [-0.2, 0) is 25.4 Å². The first-order chi connectivity index (χ1) is 9.85. The van der Waals surface area contributed by atoms with E-state index in [1.165, 1.54) is 14.2 Å². The van der Waals surface area contributed by atoms with Gasteiger partial charge >= 0.3 is 0 Å². The molecule has 1 N–H and O–H groups in total. The Kier molecular flexibility index (Phi) is 7.09. The van der Waals surface area contributed by atoms with Crippen LogP contribution in [0, 0.1) is 13.8 Å². The molecule has 0 spiro atoms. The molecule has 0 aliphatic rings. The monoisotopic (exact) mass is 335 g/mol. The molecular formula is C14H22ClNO4S. The average Bonchev–Trinajstić information content (AvgIpc) is 2.45. The van der Waals surface area contributed by atoms with Crippen LogP contribution in [-0.4, -0.2) is 41.9 Å². The Bertz CT molecular complexity index is 575. The quantitative estimate of drug-likeness (QED) is 0.738. The average molecular weight is 336 g/mol. The fourth-order valence-corrected chi connectivity index (χ4v) is 3.52. The fourth-order valence-electron chi connectivity index (χ4n) is 1.93. The van der Waals surface area contributed by atoms with Gasteiger partial charge in [-0.1, -0.05) is 6.07 Å². The zero-order chi connectivity index (χ0) is 16.0. The predicted octanol–water partition coefficient (Wildman–Crippen LogP) is 1.98. The second kappa shape index (κ2) is 8.10. The Hall–Kier alpha value is -0.660. The molecule has 1 atom stereocenters. The number of aryl methyl sites for hydroxylation is 1. The van der Waals surface area contributed by atoms with E-state index in [9.17, 15) is 8.42 Å². The Labute approximate surface area is 131 Å². The number of hydrogen-bond acceptors (Lipinski definition) is 4. The molecule has 1 unspecified atom stereocenters. The molecule has 0 aliphatic carbocycles. The smallest absolute Gasteiger partial charge is 0.240 e. The molecule has 1 rings (SSSR count). The molecule has 7 heteroatoms. The van der Waals surface area contributed by atoms with Crippen LogP contribution >= 0.6 is 11.6 Å². The van der Waals surface area contributed by atoms with Gasteiger partial charge in [0.05, 0.1) is 17.6 Å². The van der Waals surface area contributed by atoms with Gasteiger partial charge in [0.15, 0.2) is 0 Å². The van der Waals surface area contributed by atoms with Crippen LogP contribution in [0.15, 0.2) is 17.0 Å². The molecule has 120 valence electrons. The predicted molar refractivity (Wildman–Crippen MR) is 83.3 cm³/mol. The Morgan fingerprint density at radius 1 is 1.29 bits per heavy atom. The lowest BCUT2D eigenvalue weighted by Gasteiger charge is -2.17. The number of alkyl halides is 1. The number of methoxy groups -OCH3 is 2. The van der Waals surface area contributed by atoms with Crippen molar-refractivity contribution in [2.24, 2.45) is 0 Å². The Balaban J connectivity index is 3.00. The molecule has 0 saturated carbocycles. The van der Waals surface area contributed by atoms with Crippen LogP contribution in [0.3, 0.4) is 0 Å². The van der Waals surface area contributed by atoms with Gasteiger partial charge in [0.25, 0.3) is 0 Å². The van der Waals surface area contributed by atoms with Gasteiger partial charge in [-0.2, -0.15) is 0 Å². The van der Waals surface area contributed by atoms with Crippen LogP contribution in [0.5, 0.6) is 0 Å². The van der Waals surface area contributed by atoms with Gasteiger partial charge in [0.1, 0.15) is 0 Å². The molecule has 0 aliphatic heterocycles. The van der Waals surface area contributed by atoms with Crippen molar-refractivity contribution in [2.75, 3.05) is 27.4 Å². The maximum Gasteiger partial charge on any atom is 0.240 e. The van der Waals surface area contributed by atoms with Crippen LogP contribution in [0.1, 0.15) is 16.7 Å². The number of ether oxygens (including phenoxy) is 2. The lowest BCUT2D eigenvalue weighted by molar-refractivity contribution is 0.0320. The molecule has 21 heavy (non-hydrogen) atoms. The standard InChI is InChI=1S/C14H22ClNO4S/c1-10-5-12(7-15)6-14(11(10)2)21(17,18)16-8-13(20-4)9-19-3/h5-6,13,16H,7-9H2,1-4H3. The van der Waals surface area contributed by atoms with Crippen molar-refractivity contribution >= 4 is 21.6 Å². The number of nitrogens with one attached hydrogen (secondary N) is 1. The highest BCUT2D eigenvalue weighted by Crippen LogP contribution is 2.22. The maximum atomic E-state index is 12.4. The molecule has 0 heterocycles. The first-order valence-electron chi connectivity index (χ1n) is 6.53. The molecule has 5 nitrogen and oxygen atoms in total. The molecule has 0 radical (unpaired) electrons. The van der Waals surface area contributed by atoms with Gasteiger partial charge in [0.2, 0.25) is 10.0 Å². The number of hydrogen-bond donors (Lipinski definition) is 1. The summed E-state index contributed by atoms with van der Waals surface area (Å²) in [5.41, 5.74) is 2.39. The van der Waals surface area contributed by atoms with Crippen molar-refractivity contribution in [2.45, 2.75) is 30.7 Å². The zero-order valence-electron chi connectivity index (χ0n) is 12.8. The third kappa shape index (κ3) is 4.93. The van der Waals surface area contributed by atoms with Crippen molar-refractivity contribution in [3.05, 3.63) is 28.8 Å². The van der Waals surface area contributed by atoms with Crippen LogP contribution in [0.25, 0.3) is 0 Å². The lowest BCUT2D eigenvalue weighted by atomic mass is 10.1. The van der Waals surface area contributed by atoms with Gasteiger partial charge < -0.3 is 9.47 Å². The van der Waals surface area contributed by atoms with Crippen molar-refractivity contribution < 1.29 is 17.9 Å². The largest absolute Gasteiger partial charge is 0.382 e. The van der Waals surface area contributed by atoms with E-state index in [2.05, 4.69) is 4.72 Å². The normalized spacial score (nSPS) is 13.4. The summed E-state index contributed by atoms with van der Waals surface area (Å²) in [5.74, 6) is 0.272. The van der Waals surface area contributed by atoms with E-state index in [4.69, 9.17) is 21.1 Å². The van der Waals surface area contributed by atoms with E-state index in [0.717, 1.165) is 16.7 Å². The molecule has 0 amide bonds. The Morgan fingerprint density at radius 2 is 1.95 bits per heavy atom. The first-order valence-corrected chi connectivity index (χ1v) is 8.55. The van der Waals surface area contributed by atoms with Crippen LogP contribution in [0.4, 0.5) is 0 Å². The summed E-state index contributed by atoms with van der Waals surface area (Å²) in [6, 6.07) is 3.50. The Morgan fingerprint density at radius 3 is 2.48 bits per heavy atom. The van der Waals surface area contributed by atoms with Gasteiger partial charge in [0, 0.05) is 26.6 Å². The molecule has 1 aromatic rings. The SMILES string of the molecule is COCC(CNS(=O)(=O)c1cc(CCl)cc(C)c1C)OC. The summed E-state index contributed by atoms with van der Waals surface area (Å²) >= 11 is 5.81. The van der Waals surface area contributed by atoms with E-state index < -0.39 is 10.0 Å². The van der Waals surface area contributed by atoms with Gasteiger partial charge in [-0.25, -0.2) is 13.1 Å². The lowest BCUT2D eigenvalue weighted by Crippen LogP contribution is -2.36. The minimum atomic E-state index is -3.61. The molecule has 0 bridgehead atoms. The number of benzene rings is 1. The minimum Gasteiger partial charge on any atom is -0.382 e. The zero-order valence-corrected chi connectivity index (χ0v) is 14.3. The summed E-state index contributed by atoms with van der Waals surface area (Å²) in [5, 5.41) is 0. The van der Waals surface area contributed by atoms with E-state index in [1.54, 1.807) is 13.0 Å². The number of halogens is 1. The molecule has 0 aromatic heterocycles. The minimum absolute atomic E-state index is 0.149. The number of sulfonamides is 1. The van der Waals surface area contributed by atoms with Crippen molar-refractivity contribution in [1.29, 1.82) is 0 Å². The first kappa shape index (κ1) is 18.4. The summed E-state index contributed by atoms with van der Waals surface area (Å²) in [4.78, 5) is 0.255. The molecule has 0 fully saturated rings. The van der Waals surface area contributed by atoms with E-state index in [1.807, 2.05) is 13.0 Å². The highest BCUT2D eigenvalue weighted by Gasteiger charge is 2.20. The third-order valence-electron chi connectivity index (χ3n) is 3.31. The van der Waals surface area contributed by atoms with E-state index in [-0.39, 0.29) is 23.4 Å². The van der Waals surface area contributed by atoms with Crippen molar-refractivity contribution in [3.8, 4) is 0 Å². The van der Waals surface area contributed by atoms with E-state index >= 15 is 0 Å². The molecular weight excluding hydrogens is 314 g/mol. The maximum absolute atomic E-state index is 12.4. The van der Waals surface area contributed by atoms with E-state index in [0.29, 0.717) is 6.61 Å². The molecule has 1 aromatic carbocycles. The van der Waals surface area contributed by atoms with Crippen LogP contribution < -0.4 is 4.72 Å².